The quantitative estimate of drug-likeness (QED) is 0.822. The summed E-state index contributed by atoms with van der Waals surface area (Å²) in [6, 6.07) is 6.89. The summed E-state index contributed by atoms with van der Waals surface area (Å²) in [4.78, 5) is 11.0. The number of aliphatic carboxylic acids is 1. The molecule has 2 N–H and O–H groups in total. The number of rotatable bonds is 6. The lowest BCUT2D eigenvalue weighted by Crippen LogP contribution is -2.37. The first-order valence-corrected chi connectivity index (χ1v) is 6.07. The van der Waals surface area contributed by atoms with Crippen molar-refractivity contribution in [1.82, 2.24) is 5.32 Å². The number of hydrogen-bond donors (Lipinski definition) is 2. The van der Waals surface area contributed by atoms with Crippen LogP contribution in [0.5, 0.6) is 0 Å². The Morgan fingerprint density at radius 3 is 2.41 bits per heavy atom. The van der Waals surface area contributed by atoms with Crippen LogP contribution in [-0.2, 0) is 11.3 Å². The maximum absolute atomic E-state index is 11.0. The van der Waals surface area contributed by atoms with Crippen molar-refractivity contribution in [3.8, 4) is 0 Å². The van der Waals surface area contributed by atoms with Crippen molar-refractivity contribution < 1.29 is 9.90 Å². The van der Waals surface area contributed by atoms with Crippen LogP contribution in [0, 0.1) is 5.92 Å². The van der Waals surface area contributed by atoms with E-state index in [1.54, 1.807) is 12.1 Å². The summed E-state index contributed by atoms with van der Waals surface area (Å²) in [6.45, 7) is 4.57. The van der Waals surface area contributed by atoms with E-state index >= 15 is 0 Å². The first-order chi connectivity index (χ1) is 7.99. The van der Waals surface area contributed by atoms with Crippen LogP contribution in [0.1, 0.15) is 25.8 Å². The van der Waals surface area contributed by atoms with Crippen LogP contribution in [0.15, 0.2) is 24.3 Å². The highest BCUT2D eigenvalue weighted by molar-refractivity contribution is 6.30. The largest absolute Gasteiger partial charge is 0.480 e. The minimum Gasteiger partial charge on any atom is -0.480 e. The average Bonchev–Trinajstić information content (AvgIpc) is 2.25. The van der Waals surface area contributed by atoms with Crippen molar-refractivity contribution in [2.45, 2.75) is 32.9 Å². The molecule has 0 saturated heterocycles. The molecule has 0 spiro atoms. The van der Waals surface area contributed by atoms with Crippen LogP contribution >= 0.6 is 11.6 Å². The second-order valence-corrected chi connectivity index (χ2v) is 4.96. The average molecular weight is 256 g/mol. The Morgan fingerprint density at radius 2 is 1.94 bits per heavy atom. The van der Waals surface area contributed by atoms with Gasteiger partial charge in [0.25, 0.3) is 0 Å². The molecule has 1 rings (SSSR count). The van der Waals surface area contributed by atoms with Crippen LogP contribution in [0.25, 0.3) is 0 Å². The van der Waals surface area contributed by atoms with Gasteiger partial charge in [0.2, 0.25) is 0 Å². The molecule has 1 aromatic rings. The molecule has 1 aromatic carbocycles. The molecule has 1 atom stereocenters. The zero-order chi connectivity index (χ0) is 12.8. The molecular weight excluding hydrogens is 238 g/mol. The molecule has 4 heteroatoms. The van der Waals surface area contributed by atoms with Gasteiger partial charge in [-0.15, -0.1) is 0 Å². The van der Waals surface area contributed by atoms with Crippen molar-refractivity contribution in [2.75, 3.05) is 0 Å². The molecule has 3 nitrogen and oxygen atoms in total. The molecule has 0 heterocycles. The smallest absolute Gasteiger partial charge is 0.320 e. The minimum atomic E-state index is -0.798. The maximum atomic E-state index is 11.0. The van der Waals surface area contributed by atoms with Crippen molar-refractivity contribution in [1.29, 1.82) is 0 Å². The normalized spacial score (nSPS) is 12.7. The lowest BCUT2D eigenvalue weighted by atomic mass is 10.0. The van der Waals surface area contributed by atoms with Gasteiger partial charge in [-0.05, 0) is 30.0 Å². The van der Waals surface area contributed by atoms with Crippen LogP contribution in [0.2, 0.25) is 5.02 Å². The van der Waals surface area contributed by atoms with E-state index in [4.69, 9.17) is 16.7 Å². The lowest BCUT2D eigenvalue weighted by Gasteiger charge is -2.16. The summed E-state index contributed by atoms with van der Waals surface area (Å²) >= 11 is 5.78. The van der Waals surface area contributed by atoms with E-state index in [0.29, 0.717) is 23.9 Å². The third-order valence-corrected chi connectivity index (χ3v) is 2.72. The molecule has 0 radical (unpaired) electrons. The second kappa shape index (κ2) is 6.62. The first-order valence-electron chi connectivity index (χ1n) is 5.69. The standard InChI is InChI=1S/C13H18ClNO2/c1-9(2)7-12(13(16)17)15-8-10-3-5-11(14)6-4-10/h3-6,9,12,15H,7-8H2,1-2H3,(H,16,17). The third kappa shape index (κ3) is 5.20. The van der Waals surface area contributed by atoms with Gasteiger partial charge in [0.05, 0.1) is 0 Å². The molecule has 0 fully saturated rings. The van der Waals surface area contributed by atoms with Gasteiger partial charge < -0.3 is 10.4 Å². The minimum absolute atomic E-state index is 0.355. The fourth-order valence-electron chi connectivity index (χ4n) is 1.59. The molecule has 0 bridgehead atoms. The molecule has 0 aliphatic heterocycles. The predicted octanol–water partition coefficient (Wildman–Crippen LogP) is 2.93. The second-order valence-electron chi connectivity index (χ2n) is 4.53. The first kappa shape index (κ1) is 14.0. The summed E-state index contributed by atoms with van der Waals surface area (Å²) in [5, 5.41) is 12.8. The van der Waals surface area contributed by atoms with E-state index in [1.165, 1.54) is 0 Å². The van der Waals surface area contributed by atoms with Gasteiger partial charge in [0, 0.05) is 11.6 Å². The zero-order valence-electron chi connectivity index (χ0n) is 10.1. The number of nitrogens with one attached hydrogen (secondary N) is 1. The van der Waals surface area contributed by atoms with E-state index in [1.807, 2.05) is 26.0 Å². The van der Waals surface area contributed by atoms with Gasteiger partial charge in [-0.25, -0.2) is 0 Å². The predicted molar refractivity (Wildman–Crippen MR) is 69.2 cm³/mol. The summed E-state index contributed by atoms with van der Waals surface area (Å²) in [5.41, 5.74) is 1.03. The highest BCUT2D eigenvalue weighted by Gasteiger charge is 2.17. The number of carbonyl (C=O) groups is 1. The van der Waals surface area contributed by atoms with E-state index in [-0.39, 0.29) is 0 Å². The molecule has 0 amide bonds. The number of halogens is 1. The molecule has 0 aromatic heterocycles. The van der Waals surface area contributed by atoms with Crippen LogP contribution < -0.4 is 5.32 Å². The third-order valence-electron chi connectivity index (χ3n) is 2.47. The maximum Gasteiger partial charge on any atom is 0.320 e. The van der Waals surface area contributed by atoms with Crippen molar-refractivity contribution >= 4 is 17.6 Å². The van der Waals surface area contributed by atoms with Gasteiger partial charge in [-0.1, -0.05) is 37.6 Å². The Bertz CT molecular complexity index is 362. The molecule has 17 heavy (non-hydrogen) atoms. The number of hydrogen-bond acceptors (Lipinski definition) is 2. The van der Waals surface area contributed by atoms with Gasteiger partial charge in [-0.2, -0.15) is 0 Å². The van der Waals surface area contributed by atoms with E-state index in [2.05, 4.69) is 5.32 Å². The van der Waals surface area contributed by atoms with Crippen LogP contribution in [0.4, 0.5) is 0 Å². The van der Waals surface area contributed by atoms with Crippen LogP contribution in [-0.4, -0.2) is 17.1 Å². The number of carboxylic acid groups (broad SMARTS) is 1. The fourth-order valence-corrected chi connectivity index (χ4v) is 1.71. The summed E-state index contributed by atoms with van der Waals surface area (Å²) in [6.07, 6.45) is 0.628. The molecule has 0 aliphatic rings. The summed E-state index contributed by atoms with van der Waals surface area (Å²) in [7, 11) is 0. The van der Waals surface area contributed by atoms with E-state index in [0.717, 1.165) is 5.56 Å². The van der Waals surface area contributed by atoms with Crippen LogP contribution in [0.3, 0.4) is 0 Å². The molecule has 1 unspecified atom stereocenters. The topological polar surface area (TPSA) is 49.3 Å². The molecular formula is C13H18ClNO2. The molecule has 94 valence electrons. The van der Waals surface area contributed by atoms with Gasteiger partial charge in [0.15, 0.2) is 0 Å². The SMILES string of the molecule is CC(C)CC(NCc1ccc(Cl)cc1)C(=O)O. The van der Waals surface area contributed by atoms with Crippen molar-refractivity contribution in [3.63, 3.8) is 0 Å². The zero-order valence-corrected chi connectivity index (χ0v) is 10.9. The Balaban J connectivity index is 2.51. The van der Waals surface area contributed by atoms with E-state index < -0.39 is 12.0 Å². The Hall–Kier alpha value is -1.06. The Morgan fingerprint density at radius 1 is 1.35 bits per heavy atom. The summed E-state index contributed by atoms with van der Waals surface area (Å²) < 4.78 is 0. The number of benzene rings is 1. The highest BCUT2D eigenvalue weighted by atomic mass is 35.5. The molecule has 0 saturated carbocycles. The van der Waals surface area contributed by atoms with E-state index in [9.17, 15) is 4.79 Å². The number of carboxylic acids is 1. The highest BCUT2D eigenvalue weighted by Crippen LogP contribution is 2.10. The van der Waals surface area contributed by atoms with Crippen molar-refractivity contribution in [3.05, 3.63) is 34.9 Å². The van der Waals surface area contributed by atoms with Gasteiger partial charge in [0.1, 0.15) is 6.04 Å². The lowest BCUT2D eigenvalue weighted by molar-refractivity contribution is -0.140. The summed E-state index contributed by atoms with van der Waals surface area (Å²) in [5.74, 6) is -0.443. The fraction of sp³-hybridized carbons (Fsp3) is 0.462. The van der Waals surface area contributed by atoms with Gasteiger partial charge in [-0.3, -0.25) is 4.79 Å². The van der Waals surface area contributed by atoms with Crippen molar-refractivity contribution in [2.24, 2.45) is 5.92 Å². The Labute approximate surface area is 107 Å². The monoisotopic (exact) mass is 255 g/mol. The molecule has 0 aliphatic carbocycles. The Kier molecular flexibility index (Phi) is 5.45. The van der Waals surface area contributed by atoms with Gasteiger partial charge >= 0.3 is 5.97 Å².